The van der Waals surface area contributed by atoms with Crippen LogP contribution in [0.4, 0.5) is 0 Å². The third-order valence-corrected chi connectivity index (χ3v) is 4.63. The Labute approximate surface area is 86.9 Å². The number of likely N-dealkylation sites (tertiary alicyclic amines) is 1. The molecule has 0 aromatic rings. The van der Waals surface area contributed by atoms with Gasteiger partial charge in [0.05, 0.1) is 5.75 Å². The maximum Gasteiger partial charge on any atom is 0.213 e. The molecule has 0 aliphatic carbocycles. The molecular weight excluding hydrogens is 200 g/mol. The molecule has 1 aliphatic rings. The molecule has 0 amide bonds. The molecule has 14 heavy (non-hydrogen) atoms. The lowest BCUT2D eigenvalue weighted by molar-refractivity contribution is 0.310. The first-order valence-corrected chi connectivity index (χ1v) is 6.83. The van der Waals surface area contributed by atoms with E-state index < -0.39 is 10.0 Å². The molecule has 0 saturated carbocycles. The summed E-state index contributed by atoms with van der Waals surface area (Å²) < 4.78 is 24.3. The fourth-order valence-electron chi connectivity index (χ4n) is 1.65. The minimum absolute atomic E-state index is 0.198. The predicted octanol–water partition coefficient (Wildman–Crippen LogP) is 0.364. The second-order valence-electron chi connectivity index (χ2n) is 3.77. The maximum atomic E-state index is 11.4. The molecule has 0 bridgehead atoms. The molecule has 0 N–H and O–H groups in total. The van der Waals surface area contributed by atoms with Crippen LogP contribution in [0, 0.1) is 0 Å². The van der Waals surface area contributed by atoms with Crippen molar-refractivity contribution in [3.05, 3.63) is 0 Å². The minimum Gasteiger partial charge on any atom is -0.302 e. The van der Waals surface area contributed by atoms with E-state index in [0.29, 0.717) is 6.54 Å². The summed E-state index contributed by atoms with van der Waals surface area (Å²) in [6.07, 6.45) is 2.51. The Kier molecular flexibility index (Phi) is 4.34. The topological polar surface area (TPSA) is 40.6 Å². The van der Waals surface area contributed by atoms with E-state index in [4.69, 9.17) is 0 Å². The van der Waals surface area contributed by atoms with Gasteiger partial charge in [-0.2, -0.15) is 0 Å². The first kappa shape index (κ1) is 11.9. The lowest BCUT2D eigenvalue weighted by atomic mass is 10.4. The molecule has 0 spiro atoms. The molecule has 1 rings (SSSR count). The van der Waals surface area contributed by atoms with Gasteiger partial charge in [-0.3, -0.25) is 0 Å². The average molecular weight is 220 g/mol. The highest BCUT2D eigenvalue weighted by Crippen LogP contribution is 2.07. The quantitative estimate of drug-likeness (QED) is 0.672. The Hall–Kier alpha value is -0.130. The van der Waals surface area contributed by atoms with Crippen molar-refractivity contribution in [2.75, 3.05) is 39.0 Å². The van der Waals surface area contributed by atoms with Crippen molar-refractivity contribution in [1.29, 1.82) is 0 Å². The molecule has 0 unspecified atom stereocenters. The fraction of sp³-hybridized carbons (Fsp3) is 1.00. The van der Waals surface area contributed by atoms with Crippen LogP contribution in [0.1, 0.15) is 19.8 Å². The molecule has 0 aromatic carbocycles. The molecular formula is C9H20N2O2S. The molecule has 1 heterocycles. The summed E-state index contributed by atoms with van der Waals surface area (Å²) in [6.45, 7) is 5.42. The molecule has 1 fully saturated rings. The van der Waals surface area contributed by atoms with Gasteiger partial charge >= 0.3 is 0 Å². The number of rotatable bonds is 5. The summed E-state index contributed by atoms with van der Waals surface area (Å²) in [5, 5.41) is 0. The van der Waals surface area contributed by atoms with Crippen molar-refractivity contribution in [1.82, 2.24) is 9.21 Å². The summed E-state index contributed by atoms with van der Waals surface area (Å²) >= 11 is 0. The normalized spacial score (nSPS) is 19.4. The van der Waals surface area contributed by atoms with Gasteiger partial charge in [0, 0.05) is 20.1 Å². The largest absolute Gasteiger partial charge is 0.302 e. The third-order valence-electron chi connectivity index (χ3n) is 2.77. The van der Waals surface area contributed by atoms with Crippen LogP contribution in [-0.4, -0.2) is 56.6 Å². The fourth-order valence-corrected chi connectivity index (χ4v) is 2.45. The smallest absolute Gasteiger partial charge is 0.213 e. The van der Waals surface area contributed by atoms with Crippen LogP contribution in [0.3, 0.4) is 0 Å². The van der Waals surface area contributed by atoms with Crippen molar-refractivity contribution in [3.8, 4) is 0 Å². The Bertz CT molecular complexity index is 258. The van der Waals surface area contributed by atoms with Crippen LogP contribution in [0.15, 0.2) is 0 Å². The van der Waals surface area contributed by atoms with Crippen LogP contribution < -0.4 is 0 Å². The molecule has 0 atom stereocenters. The van der Waals surface area contributed by atoms with E-state index >= 15 is 0 Å². The molecule has 84 valence electrons. The standard InChI is InChI=1S/C9H20N2O2S/c1-3-14(12,13)10(2)8-9-11-6-4-5-7-11/h3-9H2,1-2H3. The van der Waals surface area contributed by atoms with Crippen LogP contribution in [0.25, 0.3) is 0 Å². The second kappa shape index (κ2) is 5.09. The number of likely N-dealkylation sites (N-methyl/N-ethyl adjacent to an activating group) is 1. The number of hydrogen-bond acceptors (Lipinski definition) is 3. The summed E-state index contributed by atoms with van der Waals surface area (Å²) in [5.74, 6) is 0.198. The van der Waals surface area contributed by atoms with Gasteiger partial charge in [-0.15, -0.1) is 0 Å². The van der Waals surface area contributed by atoms with Gasteiger partial charge in [0.25, 0.3) is 0 Å². The van der Waals surface area contributed by atoms with Crippen molar-refractivity contribution in [2.24, 2.45) is 0 Å². The van der Waals surface area contributed by atoms with Crippen LogP contribution >= 0.6 is 0 Å². The second-order valence-corrected chi connectivity index (χ2v) is 6.14. The zero-order valence-corrected chi connectivity index (χ0v) is 9.89. The Morgan fingerprint density at radius 1 is 1.29 bits per heavy atom. The van der Waals surface area contributed by atoms with Gasteiger partial charge in [0.15, 0.2) is 0 Å². The lowest BCUT2D eigenvalue weighted by Gasteiger charge is -2.20. The van der Waals surface area contributed by atoms with Gasteiger partial charge in [0.1, 0.15) is 0 Å². The van der Waals surface area contributed by atoms with Crippen LogP contribution in [0.5, 0.6) is 0 Å². The summed E-state index contributed by atoms with van der Waals surface area (Å²) in [5.41, 5.74) is 0. The van der Waals surface area contributed by atoms with E-state index in [1.807, 2.05) is 0 Å². The van der Waals surface area contributed by atoms with Gasteiger partial charge in [0.2, 0.25) is 10.0 Å². The van der Waals surface area contributed by atoms with Gasteiger partial charge in [-0.05, 0) is 32.9 Å². The lowest BCUT2D eigenvalue weighted by Crippen LogP contribution is -2.35. The summed E-state index contributed by atoms with van der Waals surface area (Å²) in [4.78, 5) is 2.32. The SMILES string of the molecule is CCS(=O)(=O)N(C)CCN1CCCC1. The first-order valence-electron chi connectivity index (χ1n) is 5.22. The van der Waals surface area contributed by atoms with Crippen molar-refractivity contribution in [2.45, 2.75) is 19.8 Å². The van der Waals surface area contributed by atoms with Gasteiger partial charge in [-0.25, -0.2) is 12.7 Å². The molecule has 5 heteroatoms. The highest BCUT2D eigenvalue weighted by molar-refractivity contribution is 7.89. The van der Waals surface area contributed by atoms with Crippen molar-refractivity contribution >= 4 is 10.0 Å². The van der Waals surface area contributed by atoms with Crippen LogP contribution in [0.2, 0.25) is 0 Å². The van der Waals surface area contributed by atoms with E-state index in [-0.39, 0.29) is 5.75 Å². The number of hydrogen-bond donors (Lipinski definition) is 0. The molecule has 1 aliphatic heterocycles. The van der Waals surface area contributed by atoms with E-state index in [1.165, 1.54) is 17.1 Å². The molecule has 4 nitrogen and oxygen atoms in total. The highest BCUT2D eigenvalue weighted by atomic mass is 32.2. The van der Waals surface area contributed by atoms with E-state index in [9.17, 15) is 8.42 Å². The van der Waals surface area contributed by atoms with E-state index in [2.05, 4.69) is 4.90 Å². The number of nitrogens with zero attached hydrogens (tertiary/aromatic N) is 2. The molecule has 0 aromatic heterocycles. The van der Waals surface area contributed by atoms with Gasteiger partial charge < -0.3 is 4.90 Å². The Morgan fingerprint density at radius 2 is 1.86 bits per heavy atom. The van der Waals surface area contributed by atoms with E-state index in [0.717, 1.165) is 19.6 Å². The number of sulfonamides is 1. The summed E-state index contributed by atoms with van der Waals surface area (Å²) in [7, 11) is -1.32. The zero-order chi connectivity index (χ0) is 10.6. The summed E-state index contributed by atoms with van der Waals surface area (Å²) in [6, 6.07) is 0. The maximum absolute atomic E-state index is 11.4. The first-order chi connectivity index (χ1) is 6.56. The predicted molar refractivity (Wildman–Crippen MR) is 57.8 cm³/mol. The van der Waals surface area contributed by atoms with Gasteiger partial charge in [-0.1, -0.05) is 0 Å². The van der Waals surface area contributed by atoms with Crippen molar-refractivity contribution < 1.29 is 8.42 Å². The zero-order valence-electron chi connectivity index (χ0n) is 9.07. The monoisotopic (exact) mass is 220 g/mol. The molecule has 1 saturated heterocycles. The highest BCUT2D eigenvalue weighted by Gasteiger charge is 2.17. The van der Waals surface area contributed by atoms with Crippen LogP contribution in [-0.2, 0) is 10.0 Å². The van der Waals surface area contributed by atoms with Crippen molar-refractivity contribution in [3.63, 3.8) is 0 Å². The average Bonchev–Trinajstić information content (AvgIpc) is 2.66. The Balaban J connectivity index is 2.30. The molecule has 0 radical (unpaired) electrons. The minimum atomic E-state index is -2.98. The van der Waals surface area contributed by atoms with E-state index in [1.54, 1.807) is 14.0 Å². The Morgan fingerprint density at radius 3 is 2.36 bits per heavy atom. The third kappa shape index (κ3) is 3.22.